The Hall–Kier alpha value is -0.120. The maximum absolute atomic E-state index is 5.74. The van der Waals surface area contributed by atoms with Crippen molar-refractivity contribution in [2.24, 2.45) is 11.7 Å². The van der Waals surface area contributed by atoms with Crippen molar-refractivity contribution in [1.82, 2.24) is 0 Å². The van der Waals surface area contributed by atoms with Gasteiger partial charge in [0.1, 0.15) is 0 Å². The second kappa shape index (κ2) is 8.48. The van der Waals surface area contributed by atoms with Gasteiger partial charge < -0.3 is 15.2 Å². The lowest BCUT2D eigenvalue weighted by molar-refractivity contribution is 0.0671. The summed E-state index contributed by atoms with van der Waals surface area (Å²) in [6.45, 7) is 6.43. The highest BCUT2D eigenvalue weighted by Gasteiger charge is 2.05. The van der Waals surface area contributed by atoms with E-state index in [0.29, 0.717) is 25.2 Å². The van der Waals surface area contributed by atoms with Gasteiger partial charge in [0.2, 0.25) is 0 Å². The van der Waals surface area contributed by atoms with Gasteiger partial charge in [0.05, 0.1) is 13.2 Å². The molecule has 0 aliphatic heterocycles. The SMILES string of the molecule is COCCOCCCC(C)C(C)N. The molecule has 80 valence electrons. The normalized spacial score (nSPS) is 15.7. The lowest BCUT2D eigenvalue weighted by Crippen LogP contribution is -2.24. The summed E-state index contributed by atoms with van der Waals surface area (Å²) in [5.74, 6) is 0.589. The first kappa shape index (κ1) is 12.9. The largest absolute Gasteiger partial charge is 0.382 e. The lowest BCUT2D eigenvalue weighted by atomic mass is 9.99. The second-order valence-corrected chi connectivity index (χ2v) is 3.58. The minimum atomic E-state index is 0.291. The van der Waals surface area contributed by atoms with Crippen molar-refractivity contribution in [3.63, 3.8) is 0 Å². The number of hydrogen-bond donors (Lipinski definition) is 1. The van der Waals surface area contributed by atoms with Gasteiger partial charge in [-0.3, -0.25) is 0 Å². The van der Waals surface area contributed by atoms with E-state index in [0.717, 1.165) is 19.4 Å². The quantitative estimate of drug-likeness (QED) is 0.587. The summed E-state index contributed by atoms with van der Waals surface area (Å²) in [5.41, 5.74) is 5.74. The van der Waals surface area contributed by atoms with E-state index in [9.17, 15) is 0 Å². The van der Waals surface area contributed by atoms with E-state index in [1.54, 1.807) is 7.11 Å². The Morgan fingerprint density at radius 2 is 1.85 bits per heavy atom. The first-order valence-corrected chi connectivity index (χ1v) is 5.00. The van der Waals surface area contributed by atoms with Crippen LogP contribution in [0.2, 0.25) is 0 Å². The fourth-order valence-corrected chi connectivity index (χ4v) is 1.01. The van der Waals surface area contributed by atoms with Crippen molar-refractivity contribution in [3.8, 4) is 0 Å². The standard InChI is InChI=1S/C10H23NO2/c1-9(10(2)11)5-4-6-13-8-7-12-3/h9-10H,4-8,11H2,1-3H3. The summed E-state index contributed by atoms with van der Waals surface area (Å²) >= 11 is 0. The molecule has 3 heteroatoms. The average molecular weight is 189 g/mol. The topological polar surface area (TPSA) is 44.5 Å². The Bertz CT molecular complexity index is 107. The summed E-state index contributed by atoms with van der Waals surface area (Å²) < 4.78 is 10.2. The highest BCUT2D eigenvalue weighted by Crippen LogP contribution is 2.08. The summed E-state index contributed by atoms with van der Waals surface area (Å²) in [7, 11) is 1.68. The third kappa shape index (κ3) is 8.22. The zero-order valence-corrected chi connectivity index (χ0v) is 9.08. The number of ether oxygens (including phenoxy) is 2. The third-order valence-corrected chi connectivity index (χ3v) is 2.28. The maximum atomic E-state index is 5.74. The van der Waals surface area contributed by atoms with Crippen LogP contribution in [-0.4, -0.2) is 33.0 Å². The number of methoxy groups -OCH3 is 1. The molecule has 0 aromatic heterocycles. The predicted molar refractivity (Wildman–Crippen MR) is 54.7 cm³/mol. The molecule has 0 fully saturated rings. The molecule has 13 heavy (non-hydrogen) atoms. The van der Waals surface area contributed by atoms with Crippen molar-refractivity contribution in [2.75, 3.05) is 26.9 Å². The Morgan fingerprint density at radius 3 is 2.38 bits per heavy atom. The van der Waals surface area contributed by atoms with Crippen LogP contribution in [0.1, 0.15) is 26.7 Å². The van der Waals surface area contributed by atoms with E-state index in [1.807, 2.05) is 0 Å². The highest BCUT2D eigenvalue weighted by molar-refractivity contribution is 4.62. The molecule has 0 saturated heterocycles. The zero-order valence-electron chi connectivity index (χ0n) is 9.08. The van der Waals surface area contributed by atoms with Crippen molar-refractivity contribution in [1.29, 1.82) is 0 Å². The lowest BCUT2D eigenvalue weighted by Gasteiger charge is -2.14. The Kier molecular flexibility index (Phi) is 8.40. The Balaban J connectivity index is 3.07. The molecule has 0 aliphatic carbocycles. The average Bonchev–Trinajstić information content (AvgIpc) is 2.10. The van der Waals surface area contributed by atoms with Crippen molar-refractivity contribution >= 4 is 0 Å². The molecule has 2 atom stereocenters. The molecule has 0 amide bonds. The minimum absolute atomic E-state index is 0.291. The fraction of sp³-hybridized carbons (Fsp3) is 1.00. The Morgan fingerprint density at radius 1 is 1.15 bits per heavy atom. The van der Waals surface area contributed by atoms with E-state index >= 15 is 0 Å². The van der Waals surface area contributed by atoms with Gasteiger partial charge in [-0.1, -0.05) is 6.92 Å². The van der Waals surface area contributed by atoms with Crippen LogP contribution >= 0.6 is 0 Å². The van der Waals surface area contributed by atoms with Crippen molar-refractivity contribution < 1.29 is 9.47 Å². The van der Waals surface area contributed by atoms with Gasteiger partial charge in [-0.15, -0.1) is 0 Å². The van der Waals surface area contributed by atoms with Gasteiger partial charge in [-0.2, -0.15) is 0 Å². The van der Waals surface area contributed by atoms with Crippen molar-refractivity contribution in [3.05, 3.63) is 0 Å². The molecule has 2 N–H and O–H groups in total. The van der Waals surface area contributed by atoms with Crippen LogP contribution in [0.25, 0.3) is 0 Å². The minimum Gasteiger partial charge on any atom is -0.382 e. The van der Waals surface area contributed by atoms with E-state index in [4.69, 9.17) is 15.2 Å². The van der Waals surface area contributed by atoms with Crippen molar-refractivity contribution in [2.45, 2.75) is 32.7 Å². The predicted octanol–water partition coefficient (Wildman–Crippen LogP) is 1.41. The first-order chi connectivity index (χ1) is 6.18. The van der Waals surface area contributed by atoms with E-state index in [2.05, 4.69) is 13.8 Å². The highest BCUT2D eigenvalue weighted by atomic mass is 16.5. The summed E-state index contributed by atoms with van der Waals surface area (Å²) in [6, 6.07) is 0.291. The Labute approximate surface area is 81.6 Å². The molecule has 3 nitrogen and oxygen atoms in total. The van der Waals surface area contributed by atoms with E-state index in [-0.39, 0.29) is 0 Å². The second-order valence-electron chi connectivity index (χ2n) is 3.58. The fourth-order valence-electron chi connectivity index (χ4n) is 1.01. The monoisotopic (exact) mass is 189 g/mol. The molecule has 0 aromatic carbocycles. The van der Waals surface area contributed by atoms with Crippen LogP contribution < -0.4 is 5.73 Å². The van der Waals surface area contributed by atoms with Crippen LogP contribution in [-0.2, 0) is 9.47 Å². The van der Waals surface area contributed by atoms with Crippen LogP contribution in [0.5, 0.6) is 0 Å². The molecule has 0 spiro atoms. The van der Waals surface area contributed by atoms with Crippen LogP contribution in [0.15, 0.2) is 0 Å². The summed E-state index contributed by atoms with van der Waals surface area (Å²) in [4.78, 5) is 0. The molecule has 0 aliphatic rings. The van der Waals surface area contributed by atoms with Gasteiger partial charge in [-0.05, 0) is 25.7 Å². The molecule has 0 bridgehead atoms. The van der Waals surface area contributed by atoms with Gasteiger partial charge in [0.15, 0.2) is 0 Å². The number of rotatable bonds is 8. The molecule has 2 unspecified atom stereocenters. The molecule has 0 heterocycles. The summed E-state index contributed by atoms with van der Waals surface area (Å²) in [6.07, 6.45) is 2.23. The molecule has 0 rings (SSSR count). The van der Waals surface area contributed by atoms with E-state index in [1.165, 1.54) is 0 Å². The van der Waals surface area contributed by atoms with Crippen LogP contribution in [0.3, 0.4) is 0 Å². The van der Waals surface area contributed by atoms with E-state index < -0.39 is 0 Å². The van der Waals surface area contributed by atoms with Gasteiger partial charge in [0, 0.05) is 19.8 Å². The van der Waals surface area contributed by atoms with Crippen LogP contribution in [0.4, 0.5) is 0 Å². The molecular weight excluding hydrogens is 166 g/mol. The number of hydrogen-bond acceptors (Lipinski definition) is 3. The molecule has 0 aromatic rings. The molecule has 0 saturated carbocycles. The maximum Gasteiger partial charge on any atom is 0.0700 e. The number of nitrogens with two attached hydrogens (primary N) is 1. The first-order valence-electron chi connectivity index (χ1n) is 5.00. The molecular formula is C10H23NO2. The van der Waals surface area contributed by atoms with Crippen LogP contribution in [0, 0.1) is 5.92 Å². The van der Waals surface area contributed by atoms with Gasteiger partial charge in [-0.25, -0.2) is 0 Å². The molecule has 0 radical (unpaired) electrons. The third-order valence-electron chi connectivity index (χ3n) is 2.28. The summed E-state index contributed by atoms with van der Waals surface area (Å²) in [5, 5.41) is 0. The zero-order chi connectivity index (χ0) is 10.1. The van der Waals surface area contributed by atoms with Gasteiger partial charge >= 0.3 is 0 Å². The smallest absolute Gasteiger partial charge is 0.0700 e. The van der Waals surface area contributed by atoms with Gasteiger partial charge in [0.25, 0.3) is 0 Å².